The molecule has 3 atom stereocenters. The molecule has 2 aliphatic rings. The van der Waals surface area contributed by atoms with Crippen LogP contribution >= 0.6 is 0 Å². The number of nitrogens with one attached hydrogen (secondary N) is 2. The highest BCUT2D eigenvalue weighted by Crippen LogP contribution is 2.42. The number of carbonyl (C=O) groups is 2. The van der Waals surface area contributed by atoms with Crippen LogP contribution in [0.3, 0.4) is 0 Å². The van der Waals surface area contributed by atoms with Crippen LogP contribution < -0.4 is 5.23 Å². The number of amides is 2. The fraction of sp³-hybridized carbons (Fsp3) is 0.360. The maximum atomic E-state index is 13.5. The number of quaternary nitrogens is 1. The predicted molar refractivity (Wildman–Crippen MR) is 123 cm³/mol. The third-order valence-electron chi connectivity index (χ3n) is 6.82. The van der Waals surface area contributed by atoms with E-state index in [4.69, 9.17) is 0 Å². The Morgan fingerprint density at radius 2 is 1.97 bits per heavy atom. The molecule has 0 radical (unpaired) electrons. The number of unbranched alkanes of at least 4 members (excludes halogenated alkanes) is 2. The number of rotatable bonds is 6. The summed E-state index contributed by atoms with van der Waals surface area (Å²) in [7, 11) is 0. The first-order valence-electron chi connectivity index (χ1n) is 11.5. The zero-order valence-electron chi connectivity index (χ0n) is 18.6. The van der Waals surface area contributed by atoms with Crippen LogP contribution in [-0.2, 0) is 16.0 Å². The van der Waals surface area contributed by atoms with Gasteiger partial charge in [-0.15, -0.1) is 0 Å². The van der Waals surface area contributed by atoms with Gasteiger partial charge in [0.1, 0.15) is 6.04 Å². The van der Waals surface area contributed by atoms with E-state index in [9.17, 15) is 20.0 Å². The Morgan fingerprint density at radius 3 is 2.76 bits per heavy atom. The Morgan fingerprint density at radius 1 is 1.15 bits per heavy atom. The smallest absolute Gasteiger partial charge is 0.246 e. The van der Waals surface area contributed by atoms with Gasteiger partial charge in [0.2, 0.25) is 11.8 Å². The van der Waals surface area contributed by atoms with Crippen LogP contribution in [0.25, 0.3) is 10.9 Å². The van der Waals surface area contributed by atoms with Crippen molar-refractivity contribution in [2.45, 2.75) is 44.7 Å². The third-order valence-corrected chi connectivity index (χ3v) is 6.82. The maximum absolute atomic E-state index is 13.5. The Hall–Kier alpha value is -3.20. The van der Waals surface area contributed by atoms with Gasteiger partial charge in [-0.3, -0.25) is 9.59 Å². The molecule has 3 N–H and O–H groups in total. The molecule has 8 heteroatoms. The van der Waals surface area contributed by atoms with E-state index < -0.39 is 17.3 Å². The van der Waals surface area contributed by atoms with Crippen LogP contribution in [0, 0.1) is 5.21 Å². The van der Waals surface area contributed by atoms with Crippen molar-refractivity contribution in [2.24, 2.45) is 0 Å². The number of aromatic nitrogens is 1. The highest BCUT2D eigenvalue weighted by atomic mass is 16.8. The van der Waals surface area contributed by atoms with Crippen LogP contribution in [0.15, 0.2) is 48.5 Å². The van der Waals surface area contributed by atoms with Gasteiger partial charge in [-0.25, -0.2) is 5.21 Å². The molecule has 0 aliphatic carbocycles. The van der Waals surface area contributed by atoms with E-state index in [0.717, 1.165) is 41.4 Å². The van der Waals surface area contributed by atoms with Gasteiger partial charge >= 0.3 is 0 Å². The van der Waals surface area contributed by atoms with E-state index in [1.165, 1.54) is 6.07 Å². The molecule has 1 saturated heterocycles. The third kappa shape index (κ3) is 3.70. The average Bonchev–Trinajstić information content (AvgIpc) is 3.19. The summed E-state index contributed by atoms with van der Waals surface area (Å²) < 4.78 is 0. The van der Waals surface area contributed by atoms with E-state index in [1.54, 1.807) is 21.9 Å². The Kier molecular flexibility index (Phi) is 5.65. The molecule has 3 aromatic rings. The van der Waals surface area contributed by atoms with Crippen molar-refractivity contribution in [1.82, 2.24) is 14.8 Å². The Bertz CT molecular complexity index is 1200. The summed E-state index contributed by atoms with van der Waals surface area (Å²) in [4.78, 5) is 33.8. The van der Waals surface area contributed by atoms with Gasteiger partial charge in [0.15, 0.2) is 5.69 Å². The van der Waals surface area contributed by atoms with Gasteiger partial charge in [-0.1, -0.05) is 50.1 Å². The molecule has 172 valence electrons. The lowest BCUT2D eigenvalue weighted by atomic mass is 9.86. The fourth-order valence-electron chi connectivity index (χ4n) is 5.25. The molecule has 5 rings (SSSR count). The number of hydrogen-bond acceptors (Lipinski definition) is 4. The second-order valence-electron chi connectivity index (χ2n) is 8.88. The lowest BCUT2D eigenvalue weighted by Crippen LogP contribution is -2.99. The van der Waals surface area contributed by atoms with Crippen molar-refractivity contribution < 1.29 is 20.0 Å². The van der Waals surface area contributed by atoms with E-state index in [0.29, 0.717) is 18.5 Å². The first-order valence-corrected chi connectivity index (χ1v) is 11.5. The second kappa shape index (κ2) is 8.62. The second-order valence-corrected chi connectivity index (χ2v) is 8.88. The SMILES string of the molecule is CCCCCN1CC(=O)N2C(c3cccc([NH+]([O-])O)c3)c3[nH]c4ccccc4c3C[C@H]2C1=O. The number of H-pyrrole nitrogens is 1. The summed E-state index contributed by atoms with van der Waals surface area (Å²) >= 11 is 0. The number of aromatic amines is 1. The summed E-state index contributed by atoms with van der Waals surface area (Å²) in [5, 5.41) is 21.2. The molecular weight excluding hydrogens is 420 g/mol. The number of piperazine rings is 1. The highest BCUT2D eigenvalue weighted by molar-refractivity contribution is 5.97. The minimum absolute atomic E-state index is 0.0268. The zero-order chi connectivity index (χ0) is 23.1. The molecule has 2 aliphatic heterocycles. The van der Waals surface area contributed by atoms with E-state index >= 15 is 0 Å². The van der Waals surface area contributed by atoms with E-state index in [-0.39, 0.29) is 24.0 Å². The molecule has 3 heterocycles. The van der Waals surface area contributed by atoms with Crippen molar-refractivity contribution in [1.29, 1.82) is 0 Å². The van der Waals surface area contributed by atoms with Crippen molar-refractivity contribution in [3.8, 4) is 0 Å². The lowest BCUT2D eigenvalue weighted by molar-refractivity contribution is -0.991. The van der Waals surface area contributed by atoms with Crippen LogP contribution in [0.5, 0.6) is 0 Å². The minimum Gasteiger partial charge on any atom is -0.595 e. The van der Waals surface area contributed by atoms with Crippen molar-refractivity contribution in [3.05, 3.63) is 70.6 Å². The fourth-order valence-corrected chi connectivity index (χ4v) is 5.25. The standard InChI is InChI=1S/C25H28N4O4/c1-2-3-6-12-27-15-22(30)28-21(25(27)31)14-19-18-10-4-5-11-20(18)26-23(19)24(28)16-8-7-9-17(13-16)29(32)33/h4-5,7-11,13,21,24,26,29,32H,2-3,6,12,14-15H2,1H3/t21-,24?/m0/s1. The molecule has 33 heavy (non-hydrogen) atoms. The number of fused-ring (bicyclic) bond motifs is 4. The Balaban J connectivity index is 1.63. The summed E-state index contributed by atoms with van der Waals surface area (Å²) in [5.74, 6) is -0.132. The number of para-hydroxylation sites is 1. The molecule has 1 aromatic heterocycles. The molecule has 0 saturated carbocycles. The Labute approximate surface area is 191 Å². The summed E-state index contributed by atoms with van der Waals surface area (Å²) in [5.41, 5.74) is 3.67. The maximum Gasteiger partial charge on any atom is 0.246 e. The molecular formula is C25H28N4O4. The molecule has 1 fully saturated rings. The van der Waals surface area contributed by atoms with Crippen molar-refractivity contribution in [2.75, 3.05) is 13.1 Å². The topological polar surface area (TPSA) is 104 Å². The zero-order valence-corrected chi connectivity index (χ0v) is 18.6. The highest BCUT2D eigenvalue weighted by Gasteiger charge is 2.48. The van der Waals surface area contributed by atoms with Crippen molar-refractivity contribution >= 4 is 28.4 Å². The number of hydrogen-bond donors (Lipinski definition) is 3. The number of benzene rings is 2. The van der Waals surface area contributed by atoms with Gasteiger partial charge in [0.05, 0.1) is 12.6 Å². The van der Waals surface area contributed by atoms with Crippen LogP contribution in [-0.4, -0.2) is 50.9 Å². The number of carbonyl (C=O) groups excluding carboxylic acids is 2. The largest absolute Gasteiger partial charge is 0.595 e. The van der Waals surface area contributed by atoms with E-state index in [1.807, 2.05) is 30.3 Å². The van der Waals surface area contributed by atoms with Gasteiger partial charge in [-0.05, 0) is 23.6 Å². The quantitative estimate of drug-likeness (QED) is 0.398. The molecule has 2 aromatic carbocycles. The number of nitrogens with zero attached hydrogens (tertiary/aromatic N) is 2. The van der Waals surface area contributed by atoms with Crippen LogP contribution in [0.4, 0.5) is 5.69 Å². The van der Waals surface area contributed by atoms with Gasteiger partial charge < -0.3 is 20.0 Å². The minimum atomic E-state index is -1.02. The first-order chi connectivity index (χ1) is 16.0. The summed E-state index contributed by atoms with van der Waals surface area (Å²) in [6.07, 6.45) is 3.39. The molecule has 0 spiro atoms. The molecule has 2 unspecified atom stereocenters. The molecule has 0 bridgehead atoms. The van der Waals surface area contributed by atoms with Gasteiger partial charge in [-0.2, -0.15) is 5.23 Å². The molecule has 8 nitrogen and oxygen atoms in total. The molecule has 2 amide bonds. The van der Waals surface area contributed by atoms with Crippen LogP contribution in [0.2, 0.25) is 0 Å². The van der Waals surface area contributed by atoms with Crippen LogP contribution in [0.1, 0.15) is 49.0 Å². The summed E-state index contributed by atoms with van der Waals surface area (Å²) in [6.45, 7) is 2.76. The summed E-state index contributed by atoms with van der Waals surface area (Å²) in [6, 6.07) is 13.5. The predicted octanol–water partition coefficient (Wildman–Crippen LogP) is 2.45. The monoisotopic (exact) mass is 448 g/mol. The lowest BCUT2D eigenvalue weighted by Gasteiger charge is -2.47. The van der Waals surface area contributed by atoms with E-state index in [2.05, 4.69) is 11.9 Å². The van der Waals surface area contributed by atoms with Gasteiger partial charge in [0.25, 0.3) is 0 Å². The van der Waals surface area contributed by atoms with Gasteiger partial charge in [0, 0.05) is 41.7 Å². The normalized spacial score (nSPS) is 21.3. The van der Waals surface area contributed by atoms with Crippen molar-refractivity contribution in [3.63, 3.8) is 0 Å². The average molecular weight is 449 g/mol. The first kappa shape index (κ1) is 21.6.